The third kappa shape index (κ3) is 6.18. The first kappa shape index (κ1) is 29.6. The van der Waals surface area contributed by atoms with Crippen LogP contribution in [0.5, 0.6) is 0 Å². The molecule has 214 valence electrons. The summed E-state index contributed by atoms with van der Waals surface area (Å²) >= 11 is 0. The molecule has 0 aliphatic carbocycles. The van der Waals surface area contributed by atoms with Crippen molar-refractivity contribution in [3.05, 3.63) is 48.4 Å². The number of methoxy groups -OCH3 is 1. The number of carbonyl (C=O) groups excluding carboxylic acids is 2. The lowest BCUT2D eigenvalue weighted by atomic mass is 9.78. The van der Waals surface area contributed by atoms with Gasteiger partial charge in [-0.15, -0.1) is 0 Å². The first-order valence-corrected chi connectivity index (χ1v) is 14.1. The van der Waals surface area contributed by atoms with Crippen molar-refractivity contribution in [2.75, 3.05) is 20.2 Å². The second-order valence-corrected chi connectivity index (χ2v) is 11.4. The Kier molecular flexibility index (Phi) is 8.90. The molecule has 2 N–H and O–H groups in total. The van der Waals surface area contributed by atoms with E-state index in [9.17, 15) is 9.59 Å². The summed E-state index contributed by atoms with van der Waals surface area (Å²) in [6, 6.07) is 12.4. The minimum Gasteiger partial charge on any atom is -0.453 e. The zero-order chi connectivity index (χ0) is 29.1. The van der Waals surface area contributed by atoms with Crippen molar-refractivity contribution in [3.63, 3.8) is 0 Å². The number of imidazole rings is 1. The van der Waals surface area contributed by atoms with Crippen LogP contribution in [0.25, 0.3) is 22.0 Å². The van der Waals surface area contributed by atoms with Crippen LogP contribution in [0.2, 0.25) is 0 Å². The number of fused-ring (bicyclic) bond motifs is 1. The molecular formula is C30H41BN4O5. The van der Waals surface area contributed by atoms with Gasteiger partial charge in [-0.2, -0.15) is 0 Å². The summed E-state index contributed by atoms with van der Waals surface area (Å²) < 4.78 is 17.0. The summed E-state index contributed by atoms with van der Waals surface area (Å²) in [5.74, 6) is 0.587. The van der Waals surface area contributed by atoms with E-state index in [0.29, 0.717) is 6.54 Å². The molecule has 0 spiro atoms. The lowest BCUT2D eigenvalue weighted by Crippen LogP contribution is -2.41. The topological polar surface area (TPSA) is 106 Å². The van der Waals surface area contributed by atoms with E-state index in [-0.39, 0.29) is 29.7 Å². The Bertz CT molecular complexity index is 1340. The van der Waals surface area contributed by atoms with Crippen LogP contribution < -0.4 is 10.8 Å². The maximum absolute atomic E-state index is 12.7. The van der Waals surface area contributed by atoms with Gasteiger partial charge in [-0.25, -0.2) is 9.78 Å². The summed E-state index contributed by atoms with van der Waals surface area (Å²) in [5, 5.41) is 4.66. The Balaban J connectivity index is 0.00000118. The molecule has 3 aromatic rings. The zero-order valence-corrected chi connectivity index (χ0v) is 24.7. The van der Waals surface area contributed by atoms with Gasteiger partial charge in [0.1, 0.15) is 12.4 Å². The van der Waals surface area contributed by atoms with Crippen LogP contribution in [0.1, 0.15) is 72.7 Å². The summed E-state index contributed by atoms with van der Waals surface area (Å²) in [5.41, 5.74) is 2.13. The largest absolute Gasteiger partial charge is 0.494 e. The number of benzene rings is 2. The molecule has 2 aliphatic heterocycles. The molecule has 5 rings (SSSR count). The molecular weight excluding hydrogens is 507 g/mol. The van der Waals surface area contributed by atoms with Crippen LogP contribution in [-0.2, 0) is 18.8 Å². The standard InChI is InChI=1S/C27H33BN4O5.C3H8/c1-26(2)27(3,4)37-28(36-26)20-11-10-17-13-19(9-8-18(17)14-20)21-15-29-24(31-21)22-7-6-12-32(22)23(33)16-30-25(34)35-5;1-3-2/h8-11,13-15,22H,6-7,12,16H2,1-5H3,(H,29,31)(H,30,34);3H2,1-2H3. The van der Waals surface area contributed by atoms with Crippen molar-refractivity contribution in [1.29, 1.82) is 0 Å². The summed E-state index contributed by atoms with van der Waals surface area (Å²) in [4.78, 5) is 33.8. The van der Waals surface area contributed by atoms with Crippen LogP contribution in [0, 0.1) is 0 Å². The number of hydrogen-bond acceptors (Lipinski definition) is 6. The highest BCUT2D eigenvalue weighted by Crippen LogP contribution is 2.37. The number of carbonyl (C=O) groups is 2. The highest BCUT2D eigenvalue weighted by Gasteiger charge is 2.51. The predicted molar refractivity (Wildman–Crippen MR) is 157 cm³/mol. The number of nitrogens with one attached hydrogen (secondary N) is 2. The van der Waals surface area contributed by atoms with Crippen molar-refractivity contribution >= 4 is 35.4 Å². The van der Waals surface area contributed by atoms with Crippen molar-refractivity contribution in [2.45, 2.75) is 78.0 Å². The van der Waals surface area contributed by atoms with Gasteiger partial charge < -0.3 is 29.2 Å². The fourth-order valence-electron chi connectivity index (χ4n) is 4.88. The molecule has 2 aliphatic rings. The van der Waals surface area contributed by atoms with Gasteiger partial charge in [0.25, 0.3) is 0 Å². The van der Waals surface area contributed by atoms with Crippen LogP contribution in [0.3, 0.4) is 0 Å². The monoisotopic (exact) mass is 548 g/mol. The smallest absolute Gasteiger partial charge is 0.453 e. The lowest BCUT2D eigenvalue weighted by molar-refractivity contribution is -0.131. The Labute approximate surface area is 237 Å². The first-order chi connectivity index (χ1) is 19.0. The summed E-state index contributed by atoms with van der Waals surface area (Å²) in [7, 11) is 0.873. The van der Waals surface area contributed by atoms with Gasteiger partial charge in [0.2, 0.25) is 5.91 Å². The minimum atomic E-state index is -0.622. The fourth-order valence-corrected chi connectivity index (χ4v) is 4.88. The number of ether oxygens (including phenoxy) is 1. The number of rotatable bonds is 5. The number of amides is 2. The number of likely N-dealkylation sites (tertiary alicyclic amines) is 1. The van der Waals surface area contributed by atoms with Crippen molar-refractivity contribution in [2.24, 2.45) is 0 Å². The molecule has 2 aromatic carbocycles. The van der Waals surface area contributed by atoms with E-state index < -0.39 is 13.2 Å². The van der Waals surface area contributed by atoms with E-state index in [1.54, 1.807) is 4.90 Å². The van der Waals surface area contributed by atoms with Crippen LogP contribution in [0.4, 0.5) is 4.79 Å². The molecule has 10 heteroatoms. The average molecular weight is 548 g/mol. The molecule has 3 heterocycles. The van der Waals surface area contributed by atoms with Gasteiger partial charge in [0, 0.05) is 12.1 Å². The predicted octanol–water partition coefficient (Wildman–Crippen LogP) is 4.96. The van der Waals surface area contributed by atoms with Crippen molar-refractivity contribution in [3.8, 4) is 11.3 Å². The number of H-pyrrole nitrogens is 1. The molecule has 0 saturated carbocycles. The Hall–Kier alpha value is -3.37. The maximum Gasteiger partial charge on any atom is 0.494 e. The second-order valence-electron chi connectivity index (χ2n) is 11.4. The molecule has 1 aromatic heterocycles. The SMILES string of the molecule is CCC.COC(=O)NCC(=O)N1CCCC1c1ncc(-c2ccc3cc(B4OC(C)(C)C(C)(C)O4)ccc3c2)[nH]1. The third-order valence-corrected chi connectivity index (χ3v) is 7.75. The molecule has 1 atom stereocenters. The average Bonchev–Trinajstić information content (AvgIpc) is 3.65. The van der Waals surface area contributed by atoms with Crippen molar-refractivity contribution in [1.82, 2.24) is 20.2 Å². The molecule has 2 fully saturated rings. The van der Waals surface area contributed by atoms with Crippen LogP contribution in [-0.4, -0.2) is 65.4 Å². The zero-order valence-electron chi connectivity index (χ0n) is 24.7. The van der Waals surface area contributed by atoms with Gasteiger partial charge in [-0.3, -0.25) is 4.79 Å². The first-order valence-electron chi connectivity index (χ1n) is 14.1. The van der Waals surface area contributed by atoms with Gasteiger partial charge in [-0.1, -0.05) is 50.6 Å². The third-order valence-electron chi connectivity index (χ3n) is 7.75. The van der Waals surface area contributed by atoms with E-state index in [0.717, 1.165) is 46.2 Å². The molecule has 0 bridgehead atoms. The fraction of sp³-hybridized carbons (Fsp3) is 0.500. The Morgan fingerprint density at radius 3 is 2.42 bits per heavy atom. The molecule has 2 amide bonds. The Morgan fingerprint density at radius 2 is 1.75 bits per heavy atom. The van der Waals surface area contributed by atoms with Crippen LogP contribution >= 0.6 is 0 Å². The number of aromatic nitrogens is 2. The second kappa shape index (κ2) is 12.0. The Morgan fingerprint density at radius 1 is 1.10 bits per heavy atom. The van der Waals surface area contributed by atoms with E-state index in [2.05, 4.69) is 98.0 Å². The van der Waals surface area contributed by atoms with E-state index in [4.69, 9.17) is 9.31 Å². The number of nitrogens with zero attached hydrogens (tertiary/aromatic N) is 2. The van der Waals surface area contributed by atoms with E-state index in [1.165, 1.54) is 13.5 Å². The number of hydrogen-bond donors (Lipinski definition) is 2. The quantitative estimate of drug-likeness (QED) is 0.437. The number of alkyl carbamates (subject to hydrolysis) is 1. The van der Waals surface area contributed by atoms with Gasteiger partial charge in [0.05, 0.1) is 36.2 Å². The molecule has 2 saturated heterocycles. The highest BCUT2D eigenvalue weighted by atomic mass is 16.7. The highest BCUT2D eigenvalue weighted by molar-refractivity contribution is 6.62. The lowest BCUT2D eigenvalue weighted by Gasteiger charge is -2.32. The molecule has 40 heavy (non-hydrogen) atoms. The molecule has 9 nitrogen and oxygen atoms in total. The van der Waals surface area contributed by atoms with Gasteiger partial charge in [-0.05, 0) is 62.8 Å². The minimum absolute atomic E-state index is 0.102. The maximum atomic E-state index is 12.7. The van der Waals surface area contributed by atoms with E-state index in [1.807, 2.05) is 6.20 Å². The summed E-state index contributed by atoms with van der Waals surface area (Å²) in [6.45, 7) is 13.0. The summed E-state index contributed by atoms with van der Waals surface area (Å²) in [6.07, 6.45) is 4.13. The molecule has 1 unspecified atom stereocenters. The number of aromatic amines is 1. The normalized spacial score (nSPS) is 19.3. The van der Waals surface area contributed by atoms with Gasteiger partial charge in [0.15, 0.2) is 0 Å². The molecule has 0 radical (unpaired) electrons. The van der Waals surface area contributed by atoms with Crippen molar-refractivity contribution < 1.29 is 23.6 Å². The van der Waals surface area contributed by atoms with Crippen LogP contribution in [0.15, 0.2) is 42.6 Å². The van der Waals surface area contributed by atoms with E-state index >= 15 is 0 Å². The van der Waals surface area contributed by atoms with Gasteiger partial charge >= 0.3 is 13.2 Å².